The van der Waals surface area contributed by atoms with Gasteiger partial charge in [0.1, 0.15) is 5.82 Å². The van der Waals surface area contributed by atoms with E-state index >= 15 is 0 Å². The van der Waals surface area contributed by atoms with Gasteiger partial charge >= 0.3 is 0 Å². The molecule has 2 rings (SSSR count). The summed E-state index contributed by atoms with van der Waals surface area (Å²) in [6.45, 7) is 8.23. The number of anilines is 1. The van der Waals surface area contributed by atoms with E-state index < -0.39 is 6.10 Å². The van der Waals surface area contributed by atoms with Crippen molar-refractivity contribution >= 4 is 5.82 Å². The first-order chi connectivity index (χ1) is 7.99. The number of hydrogen-bond acceptors (Lipinski definition) is 4. The van der Waals surface area contributed by atoms with Crippen LogP contribution in [0.2, 0.25) is 0 Å². The third kappa shape index (κ3) is 2.76. The molecule has 4 nitrogen and oxygen atoms in total. The van der Waals surface area contributed by atoms with E-state index in [1.54, 1.807) is 13.1 Å². The Morgan fingerprint density at radius 2 is 2.29 bits per heavy atom. The van der Waals surface area contributed by atoms with E-state index in [9.17, 15) is 5.11 Å². The second-order valence-corrected chi connectivity index (χ2v) is 5.12. The lowest BCUT2D eigenvalue weighted by Crippen LogP contribution is -2.49. The van der Waals surface area contributed by atoms with Gasteiger partial charge in [-0.05, 0) is 26.8 Å². The third-order valence-corrected chi connectivity index (χ3v) is 2.99. The van der Waals surface area contributed by atoms with Crippen LogP contribution in [0.4, 0.5) is 5.82 Å². The lowest BCUT2D eigenvalue weighted by molar-refractivity contribution is -0.0280. The van der Waals surface area contributed by atoms with E-state index in [2.05, 4.69) is 23.7 Å². The fourth-order valence-electron chi connectivity index (χ4n) is 2.20. The number of morpholine rings is 1. The molecule has 1 saturated heterocycles. The quantitative estimate of drug-likeness (QED) is 0.849. The van der Waals surface area contributed by atoms with Crippen LogP contribution in [0.25, 0.3) is 0 Å². The fraction of sp³-hybridized carbons (Fsp3) is 0.615. The van der Waals surface area contributed by atoms with Crippen LogP contribution < -0.4 is 4.90 Å². The van der Waals surface area contributed by atoms with Gasteiger partial charge in [0, 0.05) is 24.8 Å². The van der Waals surface area contributed by atoms with Crippen molar-refractivity contribution < 1.29 is 9.84 Å². The summed E-state index contributed by atoms with van der Waals surface area (Å²) >= 11 is 0. The zero-order chi connectivity index (χ0) is 12.5. The summed E-state index contributed by atoms with van der Waals surface area (Å²) in [5.41, 5.74) is 0.719. The molecule has 0 aliphatic carbocycles. The molecule has 1 atom stereocenters. The summed E-state index contributed by atoms with van der Waals surface area (Å²) in [5, 5.41) is 9.77. The van der Waals surface area contributed by atoms with Crippen LogP contribution in [0.15, 0.2) is 18.3 Å². The highest BCUT2D eigenvalue weighted by Crippen LogP contribution is 2.27. The molecule has 1 aromatic rings. The number of nitrogens with zero attached hydrogens (tertiary/aromatic N) is 2. The van der Waals surface area contributed by atoms with Gasteiger partial charge in [-0.15, -0.1) is 0 Å². The first-order valence-electron chi connectivity index (χ1n) is 6.01. The van der Waals surface area contributed by atoms with Gasteiger partial charge in [-0.25, -0.2) is 4.98 Å². The molecule has 0 amide bonds. The molecule has 0 bridgehead atoms. The molecule has 1 aromatic heterocycles. The molecule has 1 aliphatic rings. The molecule has 1 aliphatic heterocycles. The number of aliphatic hydroxyl groups is 1. The lowest BCUT2D eigenvalue weighted by Gasteiger charge is -2.39. The molecule has 0 radical (unpaired) electrons. The van der Waals surface area contributed by atoms with Gasteiger partial charge in [0.15, 0.2) is 0 Å². The van der Waals surface area contributed by atoms with E-state index in [0.29, 0.717) is 6.61 Å². The maximum atomic E-state index is 9.77. The number of ether oxygens (including phenoxy) is 1. The maximum absolute atomic E-state index is 9.77. The second kappa shape index (κ2) is 4.63. The van der Waals surface area contributed by atoms with Gasteiger partial charge in [-0.3, -0.25) is 0 Å². The van der Waals surface area contributed by atoms with Gasteiger partial charge in [0.2, 0.25) is 0 Å². The van der Waals surface area contributed by atoms with Crippen LogP contribution in [0.5, 0.6) is 0 Å². The summed E-state index contributed by atoms with van der Waals surface area (Å²) in [4.78, 5) is 6.59. The molecule has 1 N–H and O–H groups in total. The number of hydrogen-bond donors (Lipinski definition) is 1. The lowest BCUT2D eigenvalue weighted by atomic mass is 10.1. The standard InChI is InChI=1S/C13H20N2O2/c1-10(16)11-5-4-6-14-12(11)15-7-8-17-13(2,3)9-15/h4-6,10,16H,7-9H2,1-3H3. The predicted molar refractivity (Wildman–Crippen MR) is 67.1 cm³/mol. The normalized spacial score (nSPS) is 21.3. The fourth-order valence-corrected chi connectivity index (χ4v) is 2.20. The monoisotopic (exact) mass is 236 g/mol. The van der Waals surface area contributed by atoms with Crippen molar-refractivity contribution in [3.63, 3.8) is 0 Å². The molecule has 1 fully saturated rings. The zero-order valence-electron chi connectivity index (χ0n) is 10.7. The first-order valence-corrected chi connectivity index (χ1v) is 6.01. The molecule has 0 saturated carbocycles. The molecule has 4 heteroatoms. The maximum Gasteiger partial charge on any atom is 0.134 e. The van der Waals surface area contributed by atoms with E-state index in [4.69, 9.17) is 4.74 Å². The number of rotatable bonds is 2. The van der Waals surface area contributed by atoms with E-state index in [0.717, 1.165) is 24.5 Å². The molecule has 0 spiro atoms. The van der Waals surface area contributed by atoms with E-state index in [1.807, 2.05) is 12.1 Å². The Morgan fingerprint density at radius 3 is 2.94 bits per heavy atom. The van der Waals surface area contributed by atoms with Crippen molar-refractivity contribution in [1.82, 2.24) is 4.98 Å². The Morgan fingerprint density at radius 1 is 1.53 bits per heavy atom. The average Bonchev–Trinajstić information content (AvgIpc) is 2.27. The third-order valence-electron chi connectivity index (χ3n) is 2.99. The highest BCUT2D eigenvalue weighted by atomic mass is 16.5. The van der Waals surface area contributed by atoms with Gasteiger partial charge in [-0.1, -0.05) is 6.07 Å². The van der Waals surface area contributed by atoms with Crippen LogP contribution in [-0.2, 0) is 4.74 Å². The largest absolute Gasteiger partial charge is 0.389 e. The molecular formula is C13H20N2O2. The van der Waals surface area contributed by atoms with Crippen molar-refractivity contribution in [3.05, 3.63) is 23.9 Å². The molecule has 0 aromatic carbocycles. The van der Waals surface area contributed by atoms with Crippen molar-refractivity contribution in [1.29, 1.82) is 0 Å². The van der Waals surface area contributed by atoms with Crippen molar-refractivity contribution in [3.8, 4) is 0 Å². The van der Waals surface area contributed by atoms with Crippen molar-refractivity contribution in [2.24, 2.45) is 0 Å². The Hall–Kier alpha value is -1.13. The highest BCUT2D eigenvalue weighted by molar-refractivity contribution is 5.48. The average molecular weight is 236 g/mol. The van der Waals surface area contributed by atoms with Gasteiger partial charge < -0.3 is 14.7 Å². The summed E-state index contributed by atoms with van der Waals surface area (Å²) in [5.74, 6) is 0.874. The second-order valence-electron chi connectivity index (χ2n) is 5.12. The molecular weight excluding hydrogens is 216 g/mol. The SMILES string of the molecule is CC(O)c1cccnc1N1CCOC(C)(C)C1. The molecule has 17 heavy (non-hydrogen) atoms. The highest BCUT2D eigenvalue weighted by Gasteiger charge is 2.29. The van der Waals surface area contributed by atoms with Crippen LogP contribution in [0, 0.1) is 0 Å². The minimum atomic E-state index is -0.496. The predicted octanol–water partition coefficient (Wildman–Crippen LogP) is 1.75. The topological polar surface area (TPSA) is 45.6 Å². The summed E-state index contributed by atoms with van der Waals surface area (Å²) in [6, 6.07) is 3.78. The smallest absolute Gasteiger partial charge is 0.134 e. The molecule has 1 unspecified atom stereocenters. The van der Waals surface area contributed by atoms with Crippen LogP contribution in [-0.4, -0.2) is 35.4 Å². The Balaban J connectivity index is 2.27. The van der Waals surface area contributed by atoms with Crippen LogP contribution >= 0.6 is 0 Å². The first kappa shape index (κ1) is 12.3. The van der Waals surface area contributed by atoms with Crippen molar-refractivity contribution in [2.45, 2.75) is 32.5 Å². The van der Waals surface area contributed by atoms with Gasteiger partial charge in [0.25, 0.3) is 0 Å². The Labute approximate surface area is 102 Å². The van der Waals surface area contributed by atoms with Crippen LogP contribution in [0.3, 0.4) is 0 Å². The number of pyridine rings is 1. The number of aromatic nitrogens is 1. The Kier molecular flexibility index (Phi) is 3.35. The minimum Gasteiger partial charge on any atom is -0.389 e. The minimum absolute atomic E-state index is 0.161. The molecule has 2 heterocycles. The summed E-state index contributed by atoms with van der Waals surface area (Å²) < 4.78 is 5.69. The summed E-state index contributed by atoms with van der Waals surface area (Å²) in [6.07, 6.45) is 1.27. The van der Waals surface area contributed by atoms with E-state index in [-0.39, 0.29) is 5.60 Å². The van der Waals surface area contributed by atoms with E-state index in [1.165, 1.54) is 0 Å². The summed E-state index contributed by atoms with van der Waals surface area (Å²) in [7, 11) is 0. The van der Waals surface area contributed by atoms with Crippen LogP contribution in [0.1, 0.15) is 32.4 Å². The van der Waals surface area contributed by atoms with Gasteiger partial charge in [0.05, 0.1) is 18.3 Å². The van der Waals surface area contributed by atoms with Crippen molar-refractivity contribution in [2.75, 3.05) is 24.6 Å². The zero-order valence-corrected chi connectivity index (χ0v) is 10.7. The Bertz CT molecular complexity index is 391. The molecule has 94 valence electrons. The number of aliphatic hydroxyl groups excluding tert-OH is 1. The van der Waals surface area contributed by atoms with Gasteiger partial charge in [-0.2, -0.15) is 0 Å².